The molecule has 2 saturated heterocycles. The number of aliphatic hydroxyl groups excluding tert-OH is 4. The zero-order valence-electron chi connectivity index (χ0n) is 7.95. The second kappa shape index (κ2) is 3.75. The number of hydrogen-bond acceptors (Lipinski definition) is 5. The molecule has 2 fully saturated rings. The molecule has 0 radical (unpaired) electrons. The molecule has 2 rings (SSSR count). The smallest absolute Gasteiger partial charge is 0.109 e. The van der Waals surface area contributed by atoms with Gasteiger partial charge in [-0.05, 0) is 19.4 Å². The van der Waals surface area contributed by atoms with Gasteiger partial charge in [0.25, 0.3) is 0 Å². The summed E-state index contributed by atoms with van der Waals surface area (Å²) in [5, 5.41) is 38.3. The van der Waals surface area contributed by atoms with Crippen molar-refractivity contribution < 1.29 is 20.4 Å². The third kappa shape index (κ3) is 1.55. The summed E-state index contributed by atoms with van der Waals surface area (Å²) in [4.78, 5) is 1.86. The summed E-state index contributed by atoms with van der Waals surface area (Å²) in [6.07, 6.45) is -2.17. The summed E-state index contributed by atoms with van der Waals surface area (Å²) >= 11 is 0. The maximum atomic E-state index is 9.70. The molecule has 2 aliphatic heterocycles. The topological polar surface area (TPSA) is 84.2 Å². The molecule has 4 N–H and O–H groups in total. The lowest BCUT2D eigenvalue weighted by Crippen LogP contribution is -2.66. The van der Waals surface area contributed by atoms with Gasteiger partial charge in [0, 0.05) is 6.54 Å². The van der Waals surface area contributed by atoms with Gasteiger partial charge in [-0.1, -0.05) is 0 Å². The van der Waals surface area contributed by atoms with E-state index in [1.54, 1.807) is 0 Å². The number of fused-ring (bicyclic) bond motifs is 1. The van der Waals surface area contributed by atoms with Gasteiger partial charge in [0.05, 0.1) is 18.2 Å². The Balaban J connectivity index is 2.14. The van der Waals surface area contributed by atoms with Gasteiger partial charge in [-0.2, -0.15) is 0 Å². The van der Waals surface area contributed by atoms with Gasteiger partial charge < -0.3 is 20.4 Å². The third-order valence-electron chi connectivity index (χ3n) is 3.28. The van der Waals surface area contributed by atoms with Crippen LogP contribution in [-0.2, 0) is 0 Å². The molecule has 14 heavy (non-hydrogen) atoms. The second-order valence-corrected chi connectivity index (χ2v) is 4.24. The van der Waals surface area contributed by atoms with Crippen LogP contribution in [0.2, 0.25) is 0 Å². The van der Waals surface area contributed by atoms with Crippen LogP contribution in [0.25, 0.3) is 0 Å². The van der Waals surface area contributed by atoms with Gasteiger partial charge in [0.1, 0.15) is 12.2 Å². The lowest BCUT2D eigenvalue weighted by molar-refractivity contribution is -0.169. The first-order valence-corrected chi connectivity index (χ1v) is 5.07. The van der Waals surface area contributed by atoms with Crippen LogP contribution in [0.5, 0.6) is 0 Å². The molecular formula is C9H17NO4. The minimum absolute atomic E-state index is 0.333. The average molecular weight is 203 g/mol. The normalized spacial score (nSPS) is 50.1. The van der Waals surface area contributed by atoms with Crippen LogP contribution in [0.1, 0.15) is 12.8 Å². The first-order valence-electron chi connectivity index (χ1n) is 5.07. The highest BCUT2D eigenvalue weighted by atomic mass is 16.4. The molecule has 82 valence electrons. The van der Waals surface area contributed by atoms with E-state index in [4.69, 9.17) is 0 Å². The molecule has 0 amide bonds. The predicted molar refractivity (Wildman–Crippen MR) is 48.6 cm³/mol. The molecule has 5 heteroatoms. The number of hydrogen-bond donors (Lipinski definition) is 4. The van der Waals surface area contributed by atoms with Gasteiger partial charge in [-0.15, -0.1) is 0 Å². The van der Waals surface area contributed by atoms with Crippen LogP contribution < -0.4 is 0 Å². The van der Waals surface area contributed by atoms with Crippen LogP contribution >= 0.6 is 0 Å². The first kappa shape index (κ1) is 10.3. The Morgan fingerprint density at radius 2 is 1.64 bits per heavy atom. The SMILES string of the molecule is O[C@@H]1[C@@H](O)[C@@H](O)CN2CCC[C@H](O)[C@H]12. The molecule has 2 aliphatic rings. The molecule has 0 aromatic carbocycles. The fraction of sp³-hybridized carbons (Fsp3) is 1.00. The van der Waals surface area contributed by atoms with E-state index in [-0.39, 0.29) is 0 Å². The molecule has 5 atom stereocenters. The molecule has 0 unspecified atom stereocenters. The number of nitrogens with zero attached hydrogens (tertiary/aromatic N) is 1. The van der Waals surface area contributed by atoms with E-state index in [0.717, 1.165) is 13.0 Å². The Morgan fingerprint density at radius 1 is 0.929 bits per heavy atom. The highest BCUT2D eigenvalue weighted by Crippen LogP contribution is 2.27. The molecule has 0 saturated carbocycles. The minimum atomic E-state index is -1.14. The number of aliphatic hydroxyl groups is 4. The Kier molecular flexibility index (Phi) is 2.77. The van der Waals surface area contributed by atoms with E-state index in [1.807, 2.05) is 4.90 Å². The molecule has 2 heterocycles. The van der Waals surface area contributed by atoms with Crippen LogP contribution in [-0.4, -0.2) is 68.9 Å². The molecule has 0 aliphatic carbocycles. The van der Waals surface area contributed by atoms with Crippen molar-refractivity contribution in [3.63, 3.8) is 0 Å². The zero-order valence-corrected chi connectivity index (χ0v) is 7.95. The molecular weight excluding hydrogens is 186 g/mol. The van der Waals surface area contributed by atoms with E-state index in [2.05, 4.69) is 0 Å². The van der Waals surface area contributed by atoms with E-state index in [1.165, 1.54) is 0 Å². The quantitative estimate of drug-likeness (QED) is 0.363. The van der Waals surface area contributed by atoms with E-state index in [0.29, 0.717) is 13.0 Å². The van der Waals surface area contributed by atoms with Crippen molar-refractivity contribution in [1.82, 2.24) is 4.90 Å². The molecule has 5 nitrogen and oxygen atoms in total. The lowest BCUT2D eigenvalue weighted by Gasteiger charge is -2.48. The Labute approximate surface area is 82.6 Å². The zero-order chi connectivity index (χ0) is 10.3. The summed E-state index contributed by atoms with van der Waals surface area (Å²) in [6, 6.07) is -0.415. The van der Waals surface area contributed by atoms with Crippen LogP contribution in [0.3, 0.4) is 0 Å². The van der Waals surface area contributed by atoms with Gasteiger partial charge in [-0.25, -0.2) is 0 Å². The summed E-state index contributed by atoms with van der Waals surface area (Å²) < 4.78 is 0. The first-order chi connectivity index (χ1) is 6.61. The van der Waals surface area contributed by atoms with Crippen LogP contribution in [0.15, 0.2) is 0 Å². The van der Waals surface area contributed by atoms with Gasteiger partial charge in [0.2, 0.25) is 0 Å². The van der Waals surface area contributed by atoms with Gasteiger partial charge >= 0.3 is 0 Å². The number of rotatable bonds is 0. The Hall–Kier alpha value is -0.200. The van der Waals surface area contributed by atoms with Crippen molar-refractivity contribution >= 4 is 0 Å². The number of piperidine rings is 2. The largest absolute Gasteiger partial charge is 0.391 e. The van der Waals surface area contributed by atoms with Crippen molar-refractivity contribution in [2.45, 2.75) is 43.3 Å². The van der Waals surface area contributed by atoms with Crippen molar-refractivity contribution in [3.8, 4) is 0 Å². The minimum Gasteiger partial charge on any atom is -0.391 e. The maximum Gasteiger partial charge on any atom is 0.109 e. The monoisotopic (exact) mass is 203 g/mol. The average Bonchev–Trinajstić information content (AvgIpc) is 2.14. The van der Waals surface area contributed by atoms with Gasteiger partial charge in [-0.3, -0.25) is 4.90 Å². The Bertz CT molecular complexity index is 211. The van der Waals surface area contributed by atoms with E-state index >= 15 is 0 Å². The van der Waals surface area contributed by atoms with E-state index in [9.17, 15) is 20.4 Å². The lowest BCUT2D eigenvalue weighted by atomic mass is 9.86. The van der Waals surface area contributed by atoms with Crippen LogP contribution in [0, 0.1) is 0 Å². The van der Waals surface area contributed by atoms with Gasteiger partial charge in [0.15, 0.2) is 0 Å². The standard InChI is InChI=1S/C9H17NO4/c11-5-2-1-3-10-4-6(12)8(13)9(14)7(5)10/h5-9,11-14H,1-4H2/t5-,6-,7+,8-,9-/m0/s1. The highest BCUT2D eigenvalue weighted by molar-refractivity contribution is 4.99. The van der Waals surface area contributed by atoms with Crippen molar-refractivity contribution in [2.24, 2.45) is 0 Å². The summed E-state index contributed by atoms with van der Waals surface area (Å²) in [5.41, 5.74) is 0. The van der Waals surface area contributed by atoms with Crippen molar-refractivity contribution in [3.05, 3.63) is 0 Å². The highest BCUT2D eigenvalue weighted by Gasteiger charge is 2.45. The molecule has 0 aromatic heterocycles. The maximum absolute atomic E-state index is 9.70. The fourth-order valence-corrected chi connectivity index (χ4v) is 2.50. The van der Waals surface area contributed by atoms with Crippen molar-refractivity contribution in [2.75, 3.05) is 13.1 Å². The molecule has 0 aromatic rings. The van der Waals surface area contributed by atoms with Crippen molar-refractivity contribution in [1.29, 1.82) is 0 Å². The predicted octanol–water partition coefficient (Wildman–Crippen LogP) is -2.09. The molecule has 0 spiro atoms. The summed E-state index contributed by atoms with van der Waals surface area (Å²) in [5.74, 6) is 0. The third-order valence-corrected chi connectivity index (χ3v) is 3.28. The van der Waals surface area contributed by atoms with Crippen LogP contribution in [0.4, 0.5) is 0 Å². The summed E-state index contributed by atoms with van der Waals surface area (Å²) in [7, 11) is 0. The Morgan fingerprint density at radius 3 is 2.36 bits per heavy atom. The summed E-state index contributed by atoms with van der Waals surface area (Å²) in [6.45, 7) is 1.10. The fourth-order valence-electron chi connectivity index (χ4n) is 2.50. The van der Waals surface area contributed by atoms with E-state index < -0.39 is 30.5 Å². The molecule has 0 bridgehead atoms. The second-order valence-electron chi connectivity index (χ2n) is 4.24.